The van der Waals surface area contributed by atoms with Crippen LogP contribution in [0, 0.1) is 13.8 Å². The molecule has 0 aliphatic carbocycles. The Morgan fingerprint density at radius 2 is 1.84 bits per heavy atom. The van der Waals surface area contributed by atoms with E-state index in [2.05, 4.69) is 23.2 Å². The maximum Gasteiger partial charge on any atom is 0.279 e. The number of carbonyl (C=O) groups is 1. The summed E-state index contributed by atoms with van der Waals surface area (Å²) in [7, 11) is 0. The van der Waals surface area contributed by atoms with E-state index in [0.717, 1.165) is 42.5 Å². The number of quaternary nitrogens is 1. The van der Waals surface area contributed by atoms with Crippen molar-refractivity contribution in [2.24, 2.45) is 0 Å². The summed E-state index contributed by atoms with van der Waals surface area (Å²) in [5.41, 5.74) is 4.44. The Labute approximate surface area is 154 Å². The largest absolute Gasteiger partial charge is 0.360 e. The van der Waals surface area contributed by atoms with Crippen molar-refractivity contribution in [3.05, 3.63) is 58.6 Å². The number of aryl methyl sites for hydroxylation is 2. The van der Waals surface area contributed by atoms with Gasteiger partial charge in [0, 0.05) is 16.4 Å². The van der Waals surface area contributed by atoms with Crippen LogP contribution < -0.4 is 15.1 Å². The van der Waals surface area contributed by atoms with Gasteiger partial charge in [0.15, 0.2) is 6.54 Å². The molecule has 0 aromatic heterocycles. The molecule has 2 aromatic rings. The molecular weight excluding hydrogens is 334 g/mol. The van der Waals surface area contributed by atoms with Crippen LogP contribution in [0.15, 0.2) is 42.5 Å². The summed E-state index contributed by atoms with van der Waals surface area (Å²) in [5.74, 6) is 0.0803. The third-order valence-corrected chi connectivity index (χ3v) is 5.05. The first kappa shape index (κ1) is 17.8. The summed E-state index contributed by atoms with van der Waals surface area (Å²) < 4.78 is 0. The number of nitrogens with one attached hydrogen (secondary N) is 2. The van der Waals surface area contributed by atoms with Crippen molar-refractivity contribution in [3.63, 3.8) is 0 Å². The maximum atomic E-state index is 12.3. The van der Waals surface area contributed by atoms with E-state index in [-0.39, 0.29) is 5.91 Å². The van der Waals surface area contributed by atoms with E-state index < -0.39 is 0 Å². The van der Waals surface area contributed by atoms with Gasteiger partial charge in [-0.25, -0.2) is 0 Å². The van der Waals surface area contributed by atoms with Crippen molar-refractivity contribution < 1.29 is 9.69 Å². The lowest BCUT2D eigenvalue weighted by Crippen LogP contribution is -3.15. The highest BCUT2D eigenvalue weighted by Crippen LogP contribution is 2.24. The zero-order valence-electron chi connectivity index (χ0n) is 14.8. The molecule has 0 spiro atoms. The fourth-order valence-electron chi connectivity index (χ4n) is 3.30. The number of para-hydroxylation sites is 1. The van der Waals surface area contributed by atoms with Gasteiger partial charge in [-0.05, 0) is 43.2 Å². The number of nitrogens with zero attached hydrogens (tertiary/aromatic N) is 1. The molecule has 1 saturated heterocycles. The number of hydrogen-bond donors (Lipinski definition) is 2. The summed E-state index contributed by atoms with van der Waals surface area (Å²) in [6.45, 7) is 8.41. The van der Waals surface area contributed by atoms with Crippen molar-refractivity contribution in [2.45, 2.75) is 13.8 Å². The second-order valence-corrected chi connectivity index (χ2v) is 7.14. The summed E-state index contributed by atoms with van der Waals surface area (Å²) >= 11 is 6.14. The monoisotopic (exact) mass is 358 g/mol. The van der Waals surface area contributed by atoms with E-state index in [1.807, 2.05) is 43.3 Å². The quantitative estimate of drug-likeness (QED) is 0.880. The highest BCUT2D eigenvalue weighted by atomic mass is 35.5. The minimum Gasteiger partial charge on any atom is -0.360 e. The highest BCUT2D eigenvalue weighted by molar-refractivity contribution is 6.30. The molecule has 4 nitrogen and oxygen atoms in total. The number of benzene rings is 2. The van der Waals surface area contributed by atoms with Crippen LogP contribution in [0.2, 0.25) is 5.02 Å². The molecule has 1 amide bonds. The molecular formula is C20H25ClN3O+. The third kappa shape index (κ3) is 4.53. The molecule has 2 N–H and O–H groups in total. The predicted molar refractivity (Wildman–Crippen MR) is 104 cm³/mol. The van der Waals surface area contributed by atoms with Gasteiger partial charge in [-0.1, -0.05) is 35.9 Å². The normalized spacial score (nSPS) is 15.2. The van der Waals surface area contributed by atoms with Crippen LogP contribution >= 0.6 is 11.6 Å². The van der Waals surface area contributed by atoms with E-state index in [9.17, 15) is 4.79 Å². The molecule has 1 aliphatic rings. The molecule has 25 heavy (non-hydrogen) atoms. The second-order valence-electron chi connectivity index (χ2n) is 6.71. The molecule has 1 aliphatic heterocycles. The van der Waals surface area contributed by atoms with Crippen LogP contribution in [0.1, 0.15) is 11.1 Å². The average molecular weight is 359 g/mol. The lowest BCUT2D eigenvalue weighted by Gasteiger charge is -2.34. The molecule has 132 valence electrons. The Hall–Kier alpha value is -2.04. The first-order valence-corrected chi connectivity index (χ1v) is 9.11. The van der Waals surface area contributed by atoms with E-state index in [4.69, 9.17) is 11.6 Å². The van der Waals surface area contributed by atoms with E-state index in [1.54, 1.807) is 0 Å². The Bertz CT molecular complexity index is 754. The molecule has 0 bridgehead atoms. The van der Waals surface area contributed by atoms with Crippen molar-refractivity contribution in [1.29, 1.82) is 0 Å². The molecule has 1 fully saturated rings. The molecule has 0 atom stereocenters. The third-order valence-electron chi connectivity index (χ3n) is 4.81. The number of halogens is 1. The number of piperazine rings is 1. The van der Waals surface area contributed by atoms with Gasteiger partial charge in [-0.15, -0.1) is 0 Å². The van der Waals surface area contributed by atoms with E-state index in [1.165, 1.54) is 16.2 Å². The zero-order valence-corrected chi connectivity index (χ0v) is 15.6. The van der Waals surface area contributed by atoms with Crippen molar-refractivity contribution >= 4 is 28.9 Å². The molecule has 5 heteroatoms. The summed E-state index contributed by atoms with van der Waals surface area (Å²) in [4.78, 5) is 16.0. The lowest BCUT2D eigenvalue weighted by atomic mass is 10.1. The lowest BCUT2D eigenvalue weighted by molar-refractivity contribution is -0.892. The molecule has 0 saturated carbocycles. The SMILES string of the molecule is Cc1ccccc1NC(=O)C[NH+]1CCN(c2cc(Cl)ccc2C)CC1. The number of amides is 1. The van der Waals surface area contributed by atoms with Crippen LogP contribution in [-0.4, -0.2) is 38.6 Å². The molecule has 0 unspecified atom stereocenters. The smallest absolute Gasteiger partial charge is 0.279 e. The minimum absolute atomic E-state index is 0.0803. The van der Waals surface area contributed by atoms with Gasteiger partial charge in [0.2, 0.25) is 0 Å². The van der Waals surface area contributed by atoms with Gasteiger partial charge in [-0.3, -0.25) is 4.79 Å². The van der Waals surface area contributed by atoms with Gasteiger partial charge >= 0.3 is 0 Å². The number of rotatable bonds is 4. The fraction of sp³-hybridized carbons (Fsp3) is 0.350. The van der Waals surface area contributed by atoms with E-state index >= 15 is 0 Å². The highest BCUT2D eigenvalue weighted by Gasteiger charge is 2.23. The summed E-state index contributed by atoms with van der Waals surface area (Å²) in [6, 6.07) is 13.9. The first-order chi connectivity index (χ1) is 12.0. The molecule has 1 heterocycles. The minimum atomic E-state index is 0.0803. The van der Waals surface area contributed by atoms with Crippen LogP contribution in [0.3, 0.4) is 0 Å². The van der Waals surface area contributed by atoms with Crippen molar-refractivity contribution in [3.8, 4) is 0 Å². The standard InChI is InChI=1S/C20H24ClN3O/c1-15-5-3-4-6-18(15)22-20(25)14-23-9-11-24(12-10-23)19-13-17(21)8-7-16(19)2/h3-8,13H,9-12,14H2,1-2H3,(H,22,25)/p+1. The Morgan fingerprint density at radius 3 is 2.56 bits per heavy atom. The molecule has 3 rings (SSSR count). The van der Waals surface area contributed by atoms with Gasteiger partial charge < -0.3 is 15.1 Å². The maximum absolute atomic E-state index is 12.3. The Morgan fingerprint density at radius 1 is 1.12 bits per heavy atom. The fourth-order valence-corrected chi connectivity index (χ4v) is 3.46. The Kier molecular flexibility index (Phi) is 5.61. The summed E-state index contributed by atoms with van der Waals surface area (Å²) in [5, 5.41) is 3.80. The average Bonchev–Trinajstić information content (AvgIpc) is 2.60. The van der Waals surface area contributed by atoms with Gasteiger partial charge in [0.05, 0.1) is 26.2 Å². The summed E-state index contributed by atoms with van der Waals surface area (Å²) in [6.07, 6.45) is 0. The zero-order chi connectivity index (χ0) is 17.8. The topological polar surface area (TPSA) is 36.8 Å². The molecule has 0 radical (unpaired) electrons. The van der Waals surface area contributed by atoms with Crippen LogP contribution in [0.25, 0.3) is 0 Å². The van der Waals surface area contributed by atoms with Gasteiger partial charge in [0.25, 0.3) is 5.91 Å². The second kappa shape index (κ2) is 7.89. The number of hydrogen-bond acceptors (Lipinski definition) is 2. The number of carbonyl (C=O) groups excluding carboxylic acids is 1. The van der Waals surface area contributed by atoms with E-state index in [0.29, 0.717) is 6.54 Å². The van der Waals surface area contributed by atoms with Gasteiger partial charge in [0.1, 0.15) is 0 Å². The van der Waals surface area contributed by atoms with Crippen molar-refractivity contribution in [2.75, 3.05) is 42.9 Å². The Balaban J connectivity index is 1.53. The van der Waals surface area contributed by atoms with Crippen LogP contribution in [0.4, 0.5) is 11.4 Å². The van der Waals surface area contributed by atoms with Crippen LogP contribution in [-0.2, 0) is 4.79 Å². The van der Waals surface area contributed by atoms with Gasteiger partial charge in [-0.2, -0.15) is 0 Å². The van der Waals surface area contributed by atoms with Crippen molar-refractivity contribution in [1.82, 2.24) is 0 Å². The number of anilines is 2. The first-order valence-electron chi connectivity index (χ1n) is 8.73. The molecule has 2 aromatic carbocycles. The van der Waals surface area contributed by atoms with Crippen LogP contribution in [0.5, 0.6) is 0 Å². The predicted octanol–water partition coefficient (Wildman–Crippen LogP) is 2.30.